The number of nitrogens with zero attached hydrogens (tertiary/aromatic N) is 1. The van der Waals surface area contributed by atoms with Crippen molar-refractivity contribution >= 4 is 5.97 Å². The molecule has 0 aliphatic carbocycles. The van der Waals surface area contributed by atoms with Gasteiger partial charge in [-0.05, 0) is 44.5 Å². The van der Waals surface area contributed by atoms with E-state index in [1.807, 2.05) is 37.4 Å². The van der Waals surface area contributed by atoms with Crippen molar-refractivity contribution in [1.29, 1.82) is 0 Å². The largest absolute Gasteiger partial charge is 0.481 e. The number of benzene rings is 1. The molecule has 1 aromatic carbocycles. The number of likely N-dealkylation sites (N-methyl/N-ethyl adjacent to an activating group) is 1. The predicted molar refractivity (Wildman–Crippen MR) is 79.9 cm³/mol. The van der Waals surface area contributed by atoms with E-state index in [1.54, 1.807) is 0 Å². The molecular formula is C16H24N2O2. The van der Waals surface area contributed by atoms with E-state index in [1.165, 1.54) is 12.8 Å². The highest BCUT2D eigenvalue weighted by Gasteiger charge is 2.23. The van der Waals surface area contributed by atoms with Crippen molar-refractivity contribution in [3.63, 3.8) is 0 Å². The number of carboxylic acids is 1. The van der Waals surface area contributed by atoms with Crippen LogP contribution in [-0.2, 0) is 4.79 Å². The van der Waals surface area contributed by atoms with Crippen LogP contribution in [-0.4, -0.2) is 49.2 Å². The van der Waals surface area contributed by atoms with Crippen LogP contribution in [0.4, 0.5) is 0 Å². The van der Waals surface area contributed by atoms with Crippen molar-refractivity contribution in [3.8, 4) is 0 Å². The van der Waals surface area contributed by atoms with Gasteiger partial charge in [-0.1, -0.05) is 30.3 Å². The quantitative estimate of drug-likeness (QED) is 0.831. The Morgan fingerprint density at radius 3 is 2.60 bits per heavy atom. The Morgan fingerprint density at radius 1 is 1.35 bits per heavy atom. The van der Waals surface area contributed by atoms with Gasteiger partial charge in [-0.25, -0.2) is 0 Å². The minimum absolute atomic E-state index is 0.442. The average Bonchev–Trinajstić information content (AvgIpc) is 2.46. The summed E-state index contributed by atoms with van der Waals surface area (Å²) >= 11 is 0. The molecule has 1 atom stereocenters. The van der Waals surface area contributed by atoms with Gasteiger partial charge in [0.1, 0.15) is 0 Å². The molecule has 1 aliphatic rings. The molecule has 4 nitrogen and oxygen atoms in total. The van der Waals surface area contributed by atoms with Gasteiger partial charge in [-0.3, -0.25) is 4.79 Å². The van der Waals surface area contributed by atoms with Crippen LogP contribution in [0.3, 0.4) is 0 Å². The molecule has 1 saturated heterocycles. The first-order chi connectivity index (χ1) is 9.66. The monoisotopic (exact) mass is 276 g/mol. The third kappa shape index (κ3) is 4.32. The van der Waals surface area contributed by atoms with Crippen molar-refractivity contribution in [2.75, 3.05) is 33.2 Å². The van der Waals surface area contributed by atoms with Crippen molar-refractivity contribution in [1.82, 2.24) is 10.2 Å². The summed E-state index contributed by atoms with van der Waals surface area (Å²) in [6, 6.07) is 9.52. The molecule has 2 rings (SSSR count). The predicted octanol–water partition coefficient (Wildman–Crippen LogP) is 1.79. The molecule has 0 aromatic heterocycles. The van der Waals surface area contributed by atoms with Crippen LogP contribution in [0.2, 0.25) is 0 Å². The molecule has 110 valence electrons. The van der Waals surface area contributed by atoms with E-state index in [4.69, 9.17) is 0 Å². The minimum atomic E-state index is -0.742. The summed E-state index contributed by atoms with van der Waals surface area (Å²) in [4.78, 5) is 13.7. The van der Waals surface area contributed by atoms with E-state index < -0.39 is 11.9 Å². The summed E-state index contributed by atoms with van der Waals surface area (Å²) < 4.78 is 0. The highest BCUT2D eigenvalue weighted by molar-refractivity contribution is 5.76. The Morgan fingerprint density at radius 2 is 2.00 bits per heavy atom. The molecule has 1 heterocycles. The fourth-order valence-electron chi connectivity index (χ4n) is 2.90. The Balaban J connectivity index is 1.92. The number of piperidine rings is 1. The number of carboxylic acid groups (broad SMARTS) is 1. The maximum atomic E-state index is 11.5. The first kappa shape index (κ1) is 15.0. The molecule has 2 N–H and O–H groups in total. The van der Waals surface area contributed by atoms with Gasteiger partial charge in [0, 0.05) is 13.1 Å². The van der Waals surface area contributed by atoms with Gasteiger partial charge in [-0.15, -0.1) is 0 Å². The molecule has 4 heteroatoms. The molecule has 0 radical (unpaired) electrons. The highest BCUT2D eigenvalue weighted by atomic mass is 16.4. The fraction of sp³-hybridized carbons (Fsp3) is 0.562. The second-order valence-corrected chi connectivity index (χ2v) is 5.72. The van der Waals surface area contributed by atoms with Crippen LogP contribution in [0.5, 0.6) is 0 Å². The molecule has 0 saturated carbocycles. The SMILES string of the molecule is CN(CC1CCNCC1)CC(C(=O)O)c1ccccc1. The summed E-state index contributed by atoms with van der Waals surface area (Å²) in [5, 5.41) is 12.8. The number of carbonyl (C=O) groups is 1. The van der Waals surface area contributed by atoms with E-state index in [2.05, 4.69) is 10.2 Å². The van der Waals surface area contributed by atoms with E-state index in [9.17, 15) is 9.90 Å². The second kappa shape index (κ2) is 7.41. The van der Waals surface area contributed by atoms with E-state index in [-0.39, 0.29) is 0 Å². The zero-order chi connectivity index (χ0) is 14.4. The lowest BCUT2D eigenvalue weighted by molar-refractivity contribution is -0.139. The Hall–Kier alpha value is -1.39. The summed E-state index contributed by atoms with van der Waals surface area (Å²) in [6.07, 6.45) is 2.38. The van der Waals surface area contributed by atoms with Crippen LogP contribution >= 0.6 is 0 Å². The highest BCUT2D eigenvalue weighted by Crippen LogP contribution is 2.19. The summed E-state index contributed by atoms with van der Waals surface area (Å²) in [5.74, 6) is -0.497. The van der Waals surface area contributed by atoms with Crippen molar-refractivity contribution < 1.29 is 9.90 Å². The van der Waals surface area contributed by atoms with Crippen LogP contribution in [0.1, 0.15) is 24.3 Å². The lowest BCUT2D eigenvalue weighted by atomic mass is 9.95. The van der Waals surface area contributed by atoms with Gasteiger partial charge in [-0.2, -0.15) is 0 Å². The Bertz CT molecular complexity index is 416. The summed E-state index contributed by atoms with van der Waals surface area (Å²) in [6.45, 7) is 3.72. The Labute approximate surface area is 120 Å². The van der Waals surface area contributed by atoms with Gasteiger partial charge in [0.15, 0.2) is 0 Å². The molecule has 20 heavy (non-hydrogen) atoms. The van der Waals surface area contributed by atoms with Gasteiger partial charge in [0.25, 0.3) is 0 Å². The van der Waals surface area contributed by atoms with E-state index in [0.29, 0.717) is 12.5 Å². The maximum absolute atomic E-state index is 11.5. The number of nitrogens with one attached hydrogen (secondary N) is 1. The van der Waals surface area contributed by atoms with Gasteiger partial charge >= 0.3 is 5.97 Å². The zero-order valence-corrected chi connectivity index (χ0v) is 12.1. The molecule has 1 fully saturated rings. The average molecular weight is 276 g/mol. The smallest absolute Gasteiger partial charge is 0.312 e. The van der Waals surface area contributed by atoms with Crippen molar-refractivity contribution in [3.05, 3.63) is 35.9 Å². The van der Waals surface area contributed by atoms with E-state index in [0.717, 1.165) is 25.2 Å². The molecule has 0 amide bonds. The minimum Gasteiger partial charge on any atom is -0.481 e. The van der Waals surface area contributed by atoms with Crippen molar-refractivity contribution in [2.24, 2.45) is 5.92 Å². The number of aliphatic carboxylic acids is 1. The maximum Gasteiger partial charge on any atom is 0.312 e. The first-order valence-electron chi connectivity index (χ1n) is 7.34. The van der Waals surface area contributed by atoms with Crippen LogP contribution in [0.25, 0.3) is 0 Å². The van der Waals surface area contributed by atoms with Gasteiger partial charge in [0.2, 0.25) is 0 Å². The normalized spacial score (nSPS) is 18.1. The molecule has 1 unspecified atom stereocenters. The summed E-state index contributed by atoms with van der Waals surface area (Å²) in [5.41, 5.74) is 0.886. The van der Waals surface area contributed by atoms with Crippen molar-refractivity contribution in [2.45, 2.75) is 18.8 Å². The second-order valence-electron chi connectivity index (χ2n) is 5.72. The third-order valence-corrected chi connectivity index (χ3v) is 4.02. The molecule has 1 aliphatic heterocycles. The van der Waals surface area contributed by atoms with Crippen LogP contribution < -0.4 is 5.32 Å². The van der Waals surface area contributed by atoms with Gasteiger partial charge < -0.3 is 15.3 Å². The molecular weight excluding hydrogens is 252 g/mol. The standard InChI is InChI=1S/C16H24N2O2/c1-18(11-13-7-9-17-10-8-13)12-15(16(19)20)14-5-3-2-4-6-14/h2-6,13,15,17H,7-12H2,1H3,(H,19,20). The lowest BCUT2D eigenvalue weighted by Crippen LogP contribution is -2.37. The number of hydrogen-bond acceptors (Lipinski definition) is 3. The number of rotatable bonds is 6. The Kier molecular flexibility index (Phi) is 5.56. The first-order valence-corrected chi connectivity index (χ1v) is 7.34. The lowest BCUT2D eigenvalue weighted by Gasteiger charge is -2.29. The fourth-order valence-corrected chi connectivity index (χ4v) is 2.90. The van der Waals surface area contributed by atoms with Gasteiger partial charge in [0.05, 0.1) is 5.92 Å². The van der Waals surface area contributed by atoms with Crippen LogP contribution in [0.15, 0.2) is 30.3 Å². The molecule has 0 spiro atoms. The topological polar surface area (TPSA) is 52.6 Å². The molecule has 1 aromatic rings. The third-order valence-electron chi connectivity index (χ3n) is 4.02. The number of hydrogen-bond donors (Lipinski definition) is 2. The van der Waals surface area contributed by atoms with E-state index >= 15 is 0 Å². The zero-order valence-electron chi connectivity index (χ0n) is 12.1. The summed E-state index contributed by atoms with van der Waals surface area (Å²) in [7, 11) is 2.03. The molecule has 0 bridgehead atoms. The van der Waals surface area contributed by atoms with Crippen LogP contribution in [0, 0.1) is 5.92 Å².